The van der Waals surface area contributed by atoms with Gasteiger partial charge in [0.2, 0.25) is 11.8 Å². The van der Waals surface area contributed by atoms with Gasteiger partial charge in [0.05, 0.1) is 0 Å². The lowest BCUT2D eigenvalue weighted by atomic mass is 10.2. The molecule has 2 aromatic carbocycles. The first-order chi connectivity index (χ1) is 13.5. The zero-order valence-electron chi connectivity index (χ0n) is 15.6. The topological polar surface area (TPSA) is 80.2 Å². The number of amides is 2. The van der Waals surface area contributed by atoms with E-state index >= 15 is 0 Å². The van der Waals surface area contributed by atoms with Crippen LogP contribution in [0.25, 0.3) is 0 Å². The molecule has 8 heteroatoms. The highest BCUT2D eigenvalue weighted by Crippen LogP contribution is 2.42. The van der Waals surface area contributed by atoms with Crippen LogP contribution in [0, 0.1) is 0 Å². The maximum Gasteiger partial charge on any atom is 0.241 e. The number of hydrazone groups is 1. The van der Waals surface area contributed by atoms with E-state index in [1.807, 2.05) is 54.6 Å². The van der Waals surface area contributed by atoms with Crippen LogP contribution < -0.4 is 14.8 Å². The SMILES string of the molecule is CC(=O)NC1=NN(C(C)=O)C(c2ccccc2OCCOc2ccccc2)S1. The van der Waals surface area contributed by atoms with Crippen LogP contribution in [0.1, 0.15) is 24.8 Å². The van der Waals surface area contributed by atoms with E-state index in [-0.39, 0.29) is 11.8 Å². The van der Waals surface area contributed by atoms with Gasteiger partial charge in [-0.2, -0.15) is 0 Å². The van der Waals surface area contributed by atoms with Gasteiger partial charge in [0.25, 0.3) is 0 Å². The molecule has 1 heterocycles. The standard InChI is InChI=1S/C20H21N3O4S/c1-14(24)21-20-22-23(15(2)25)19(28-20)17-10-6-7-11-18(17)27-13-12-26-16-8-4-3-5-9-16/h3-11,19H,12-13H2,1-2H3,(H,21,22,24). The quantitative estimate of drug-likeness (QED) is 0.755. The molecule has 2 amide bonds. The number of nitrogens with one attached hydrogen (secondary N) is 1. The van der Waals surface area contributed by atoms with Gasteiger partial charge in [0.1, 0.15) is 30.1 Å². The number of nitrogens with zero attached hydrogens (tertiary/aromatic N) is 2. The van der Waals surface area contributed by atoms with E-state index < -0.39 is 5.37 Å². The van der Waals surface area contributed by atoms with E-state index in [0.29, 0.717) is 24.1 Å². The summed E-state index contributed by atoms with van der Waals surface area (Å²) in [6, 6.07) is 17.0. The molecule has 0 radical (unpaired) electrons. The average Bonchev–Trinajstić information content (AvgIpc) is 3.09. The molecule has 3 rings (SSSR count). The van der Waals surface area contributed by atoms with E-state index in [1.54, 1.807) is 0 Å². The summed E-state index contributed by atoms with van der Waals surface area (Å²) in [5, 5.41) is 8.17. The van der Waals surface area contributed by atoms with E-state index in [1.165, 1.54) is 30.6 Å². The number of carbonyl (C=O) groups is 2. The Balaban J connectivity index is 1.67. The summed E-state index contributed by atoms with van der Waals surface area (Å²) in [6.45, 7) is 3.58. The highest BCUT2D eigenvalue weighted by atomic mass is 32.2. The molecule has 0 fully saturated rings. The zero-order valence-corrected chi connectivity index (χ0v) is 16.4. The molecule has 0 spiro atoms. The van der Waals surface area contributed by atoms with Crippen LogP contribution in [0.15, 0.2) is 59.7 Å². The zero-order chi connectivity index (χ0) is 19.9. The van der Waals surface area contributed by atoms with Crippen molar-refractivity contribution < 1.29 is 19.1 Å². The number of amidine groups is 1. The van der Waals surface area contributed by atoms with Crippen molar-refractivity contribution >= 4 is 28.7 Å². The van der Waals surface area contributed by atoms with Crippen LogP contribution in [0.2, 0.25) is 0 Å². The van der Waals surface area contributed by atoms with Crippen LogP contribution in [0.4, 0.5) is 0 Å². The van der Waals surface area contributed by atoms with Crippen LogP contribution in [-0.2, 0) is 9.59 Å². The second kappa shape index (κ2) is 9.27. The second-order valence-electron chi connectivity index (χ2n) is 5.97. The molecule has 2 aromatic rings. The van der Waals surface area contributed by atoms with Crippen molar-refractivity contribution in [3.05, 3.63) is 60.2 Å². The predicted molar refractivity (Wildman–Crippen MR) is 108 cm³/mol. The van der Waals surface area contributed by atoms with Gasteiger partial charge in [-0.1, -0.05) is 48.2 Å². The predicted octanol–water partition coefficient (Wildman–Crippen LogP) is 3.15. The number of hydrogen-bond acceptors (Lipinski definition) is 6. The third kappa shape index (κ3) is 5.04. The minimum absolute atomic E-state index is 0.222. The number of hydrogen-bond donors (Lipinski definition) is 1. The lowest BCUT2D eigenvalue weighted by molar-refractivity contribution is -0.129. The third-order valence-corrected chi connectivity index (χ3v) is 4.87. The minimum atomic E-state index is -0.411. The van der Waals surface area contributed by atoms with Crippen molar-refractivity contribution in [1.29, 1.82) is 0 Å². The first kappa shape index (κ1) is 19.8. The van der Waals surface area contributed by atoms with Gasteiger partial charge in [-0.3, -0.25) is 9.59 Å². The Labute approximate surface area is 167 Å². The summed E-state index contributed by atoms with van der Waals surface area (Å²) in [4.78, 5) is 23.4. The molecule has 1 aliphatic heterocycles. The minimum Gasteiger partial charge on any atom is -0.490 e. The molecule has 146 valence electrons. The van der Waals surface area contributed by atoms with E-state index in [2.05, 4.69) is 10.4 Å². The molecule has 1 atom stereocenters. The Hall–Kier alpha value is -3.00. The number of rotatable bonds is 6. The molecule has 0 saturated heterocycles. The third-order valence-electron chi connectivity index (χ3n) is 3.79. The molecule has 1 unspecified atom stereocenters. The van der Waals surface area contributed by atoms with Crippen molar-refractivity contribution in [3.8, 4) is 11.5 Å². The lowest BCUT2D eigenvalue weighted by Crippen LogP contribution is -2.25. The van der Waals surface area contributed by atoms with Crippen molar-refractivity contribution in [3.63, 3.8) is 0 Å². The van der Waals surface area contributed by atoms with Crippen molar-refractivity contribution in [1.82, 2.24) is 10.3 Å². The number of ether oxygens (including phenoxy) is 2. The molecular formula is C20H21N3O4S. The average molecular weight is 399 g/mol. The summed E-state index contributed by atoms with van der Waals surface area (Å²) in [6.07, 6.45) is 0. The second-order valence-corrected chi connectivity index (χ2v) is 7.04. The Bertz CT molecular complexity index is 873. The van der Waals surface area contributed by atoms with E-state index in [9.17, 15) is 9.59 Å². The first-order valence-electron chi connectivity index (χ1n) is 8.77. The number of benzene rings is 2. The maximum absolute atomic E-state index is 12.0. The Morgan fingerprint density at radius 2 is 1.71 bits per heavy atom. The van der Waals surface area contributed by atoms with Crippen molar-refractivity contribution in [2.75, 3.05) is 13.2 Å². The molecule has 7 nitrogen and oxygen atoms in total. The maximum atomic E-state index is 12.0. The van der Waals surface area contributed by atoms with E-state index in [4.69, 9.17) is 9.47 Å². The normalized spacial score (nSPS) is 15.7. The molecule has 0 saturated carbocycles. The van der Waals surface area contributed by atoms with Crippen LogP contribution >= 0.6 is 11.8 Å². The number of para-hydroxylation sites is 2. The van der Waals surface area contributed by atoms with Crippen molar-refractivity contribution in [2.45, 2.75) is 19.2 Å². The summed E-state index contributed by atoms with van der Waals surface area (Å²) in [7, 11) is 0. The first-order valence-corrected chi connectivity index (χ1v) is 9.65. The monoisotopic (exact) mass is 399 g/mol. The molecule has 0 aromatic heterocycles. The summed E-state index contributed by atoms with van der Waals surface area (Å²) in [5.74, 6) is 0.960. The highest BCUT2D eigenvalue weighted by Gasteiger charge is 2.34. The lowest BCUT2D eigenvalue weighted by Gasteiger charge is -2.21. The summed E-state index contributed by atoms with van der Waals surface area (Å²) < 4.78 is 11.5. The van der Waals surface area contributed by atoms with Gasteiger partial charge in [0.15, 0.2) is 5.17 Å². The van der Waals surface area contributed by atoms with Crippen LogP contribution in [-0.4, -0.2) is 35.2 Å². The van der Waals surface area contributed by atoms with Crippen molar-refractivity contribution in [2.24, 2.45) is 5.10 Å². The van der Waals surface area contributed by atoms with Gasteiger partial charge >= 0.3 is 0 Å². The fourth-order valence-electron chi connectivity index (χ4n) is 2.61. The number of thioether (sulfide) groups is 1. The van der Waals surface area contributed by atoms with Gasteiger partial charge < -0.3 is 14.8 Å². The highest BCUT2D eigenvalue weighted by molar-refractivity contribution is 8.14. The molecule has 1 N–H and O–H groups in total. The van der Waals surface area contributed by atoms with Gasteiger partial charge in [-0.05, 0) is 18.2 Å². The van der Waals surface area contributed by atoms with Gasteiger partial charge in [0, 0.05) is 19.4 Å². The molecule has 28 heavy (non-hydrogen) atoms. The largest absolute Gasteiger partial charge is 0.490 e. The summed E-state index contributed by atoms with van der Waals surface area (Å²) in [5.41, 5.74) is 0.798. The van der Waals surface area contributed by atoms with Gasteiger partial charge in [-0.15, -0.1) is 5.10 Å². The number of carbonyl (C=O) groups excluding carboxylic acids is 2. The Morgan fingerprint density at radius 1 is 1.04 bits per heavy atom. The Morgan fingerprint density at radius 3 is 2.43 bits per heavy atom. The van der Waals surface area contributed by atoms with Crippen LogP contribution in [0.5, 0.6) is 11.5 Å². The van der Waals surface area contributed by atoms with Gasteiger partial charge in [-0.25, -0.2) is 5.01 Å². The smallest absolute Gasteiger partial charge is 0.241 e. The molecule has 1 aliphatic rings. The molecule has 0 aliphatic carbocycles. The fraction of sp³-hybridized carbons (Fsp3) is 0.250. The fourth-order valence-corrected chi connectivity index (χ4v) is 3.78. The molecule has 0 bridgehead atoms. The van der Waals surface area contributed by atoms with E-state index in [0.717, 1.165) is 11.3 Å². The Kier molecular flexibility index (Phi) is 6.54. The van der Waals surface area contributed by atoms with Crippen LogP contribution in [0.3, 0.4) is 0 Å². The summed E-state index contributed by atoms with van der Waals surface area (Å²) >= 11 is 1.29. The molecular weight excluding hydrogens is 378 g/mol.